The van der Waals surface area contributed by atoms with Gasteiger partial charge in [-0.05, 0) is 44.5 Å². The van der Waals surface area contributed by atoms with Crippen molar-refractivity contribution < 1.29 is 9.53 Å². The van der Waals surface area contributed by atoms with E-state index in [1.807, 2.05) is 36.6 Å². The van der Waals surface area contributed by atoms with Gasteiger partial charge < -0.3 is 4.74 Å². The molecule has 0 atom stereocenters. The summed E-state index contributed by atoms with van der Waals surface area (Å²) in [5.41, 5.74) is 2.04. The maximum atomic E-state index is 12.0. The molecule has 6 heteroatoms. The molecule has 1 N–H and O–H groups in total. The van der Waals surface area contributed by atoms with Crippen molar-refractivity contribution in [2.45, 2.75) is 32.7 Å². The molecule has 0 unspecified atom stereocenters. The maximum absolute atomic E-state index is 12.0. The van der Waals surface area contributed by atoms with E-state index in [2.05, 4.69) is 15.2 Å². The van der Waals surface area contributed by atoms with Crippen LogP contribution in [0.25, 0.3) is 0 Å². The molecule has 1 aliphatic heterocycles. The van der Waals surface area contributed by atoms with Gasteiger partial charge in [-0.15, -0.1) is 11.3 Å². The highest BCUT2D eigenvalue weighted by molar-refractivity contribution is 7.13. The highest BCUT2D eigenvalue weighted by Crippen LogP contribution is 2.19. The average Bonchev–Trinajstić information content (AvgIpc) is 3.02. The second-order valence-corrected chi connectivity index (χ2v) is 6.94. The number of benzene rings is 1. The predicted octanol–water partition coefficient (Wildman–Crippen LogP) is 3.45. The molecule has 0 saturated carbocycles. The highest BCUT2D eigenvalue weighted by atomic mass is 32.1. The number of carbonyl (C=O) groups is 1. The molecule has 1 saturated heterocycles. The van der Waals surface area contributed by atoms with Crippen LogP contribution in [0, 0.1) is 6.92 Å². The number of hydrogen-bond donors (Lipinski definition) is 1. The summed E-state index contributed by atoms with van der Waals surface area (Å²) >= 11 is 1.47. The number of para-hydroxylation sites is 1. The molecule has 2 heterocycles. The molecule has 2 aromatic rings. The second-order valence-electron chi connectivity index (χ2n) is 6.08. The average molecular weight is 345 g/mol. The summed E-state index contributed by atoms with van der Waals surface area (Å²) in [5, 5.41) is 5.47. The molecule has 0 radical (unpaired) electrons. The van der Waals surface area contributed by atoms with Gasteiger partial charge in [0.2, 0.25) is 0 Å². The third-order valence-corrected chi connectivity index (χ3v) is 4.89. The van der Waals surface area contributed by atoms with Gasteiger partial charge in [-0.2, -0.15) is 0 Å². The van der Waals surface area contributed by atoms with Crippen molar-refractivity contribution in [1.29, 1.82) is 0 Å². The predicted molar refractivity (Wildman–Crippen MR) is 96.5 cm³/mol. The van der Waals surface area contributed by atoms with E-state index in [1.54, 1.807) is 0 Å². The summed E-state index contributed by atoms with van der Waals surface area (Å²) in [6.07, 6.45) is 3.86. The molecule has 1 amide bonds. The van der Waals surface area contributed by atoms with Crippen LogP contribution in [0.1, 0.15) is 30.5 Å². The first-order valence-electron chi connectivity index (χ1n) is 8.36. The molecule has 24 heavy (non-hydrogen) atoms. The molecule has 0 spiro atoms. The number of aromatic nitrogens is 1. The van der Waals surface area contributed by atoms with Gasteiger partial charge in [-0.25, -0.2) is 4.98 Å². The molecule has 0 bridgehead atoms. The van der Waals surface area contributed by atoms with Crippen molar-refractivity contribution in [3.63, 3.8) is 0 Å². The largest absolute Gasteiger partial charge is 0.483 e. The first-order chi connectivity index (χ1) is 11.7. The summed E-state index contributed by atoms with van der Waals surface area (Å²) in [5.74, 6) is 0.551. The molecule has 1 fully saturated rings. The molecule has 5 nitrogen and oxygen atoms in total. The van der Waals surface area contributed by atoms with E-state index in [-0.39, 0.29) is 12.5 Å². The minimum absolute atomic E-state index is 0.00804. The van der Waals surface area contributed by atoms with E-state index in [0.717, 1.165) is 36.6 Å². The zero-order valence-corrected chi connectivity index (χ0v) is 14.8. The van der Waals surface area contributed by atoms with Crippen molar-refractivity contribution in [2.75, 3.05) is 25.0 Å². The van der Waals surface area contributed by atoms with Crippen molar-refractivity contribution in [1.82, 2.24) is 9.88 Å². The molecule has 1 aliphatic rings. The van der Waals surface area contributed by atoms with Gasteiger partial charge in [0.15, 0.2) is 11.7 Å². The molecule has 128 valence electrons. The quantitative estimate of drug-likeness (QED) is 0.871. The number of ether oxygens (including phenoxy) is 1. The fourth-order valence-electron chi connectivity index (χ4n) is 2.80. The Balaban J connectivity index is 1.47. The number of nitrogens with zero attached hydrogens (tertiary/aromatic N) is 2. The Morgan fingerprint density at radius 1 is 1.29 bits per heavy atom. The van der Waals surface area contributed by atoms with E-state index in [9.17, 15) is 4.79 Å². The Kier molecular flexibility index (Phi) is 5.82. The summed E-state index contributed by atoms with van der Waals surface area (Å²) in [7, 11) is 0. The normalized spacial score (nSPS) is 15.2. The fourth-order valence-corrected chi connectivity index (χ4v) is 3.52. The van der Waals surface area contributed by atoms with Crippen molar-refractivity contribution >= 4 is 22.4 Å². The van der Waals surface area contributed by atoms with Crippen LogP contribution in [0.4, 0.5) is 5.13 Å². The summed E-state index contributed by atoms with van der Waals surface area (Å²) < 4.78 is 5.56. The monoisotopic (exact) mass is 345 g/mol. The zero-order valence-electron chi connectivity index (χ0n) is 14.0. The van der Waals surface area contributed by atoms with Crippen molar-refractivity contribution in [3.05, 3.63) is 40.9 Å². The maximum Gasteiger partial charge on any atom is 0.264 e. The third-order valence-electron chi connectivity index (χ3n) is 4.08. The number of amides is 1. The minimum atomic E-state index is -0.183. The van der Waals surface area contributed by atoms with Crippen LogP contribution < -0.4 is 10.1 Å². The molecule has 3 rings (SSSR count). The van der Waals surface area contributed by atoms with E-state index in [4.69, 9.17) is 4.74 Å². The number of rotatable bonds is 6. The van der Waals surface area contributed by atoms with E-state index in [0.29, 0.717) is 5.13 Å². The number of thiazole rings is 1. The van der Waals surface area contributed by atoms with E-state index < -0.39 is 0 Å². The summed E-state index contributed by atoms with van der Waals surface area (Å²) in [6.45, 7) is 5.10. The summed E-state index contributed by atoms with van der Waals surface area (Å²) in [6, 6.07) is 7.67. The van der Waals surface area contributed by atoms with Crippen LogP contribution in [0.5, 0.6) is 5.75 Å². The number of anilines is 1. The topological polar surface area (TPSA) is 54.5 Å². The van der Waals surface area contributed by atoms with Crippen LogP contribution in [-0.4, -0.2) is 35.5 Å². The molecular formula is C18H23N3O2S. The summed E-state index contributed by atoms with van der Waals surface area (Å²) in [4.78, 5) is 18.9. The smallest absolute Gasteiger partial charge is 0.264 e. The Labute approximate surface area is 146 Å². The van der Waals surface area contributed by atoms with Crippen LogP contribution in [0.2, 0.25) is 0 Å². The lowest BCUT2D eigenvalue weighted by Gasteiger charge is -2.25. The SMILES string of the molecule is Cc1ccccc1OCC(=O)Nc1nc(CN2CCCCC2)cs1. The van der Waals surface area contributed by atoms with E-state index >= 15 is 0 Å². The standard InChI is InChI=1S/C18H23N3O2S/c1-14-7-3-4-8-16(14)23-12-17(22)20-18-19-15(13-24-18)11-21-9-5-2-6-10-21/h3-4,7-8,13H,2,5-6,9-12H2,1H3,(H,19,20,22). The number of likely N-dealkylation sites (tertiary alicyclic amines) is 1. The minimum Gasteiger partial charge on any atom is -0.483 e. The Morgan fingerprint density at radius 2 is 2.08 bits per heavy atom. The first-order valence-corrected chi connectivity index (χ1v) is 9.24. The van der Waals surface area contributed by atoms with Gasteiger partial charge in [0.1, 0.15) is 5.75 Å². The number of hydrogen-bond acceptors (Lipinski definition) is 5. The Hall–Kier alpha value is -1.92. The van der Waals surface area contributed by atoms with Gasteiger partial charge in [0.25, 0.3) is 5.91 Å². The van der Waals surface area contributed by atoms with Gasteiger partial charge in [0.05, 0.1) is 5.69 Å². The Bertz CT molecular complexity index is 680. The zero-order chi connectivity index (χ0) is 16.8. The molecule has 1 aromatic carbocycles. The second kappa shape index (κ2) is 8.26. The lowest BCUT2D eigenvalue weighted by Crippen LogP contribution is -2.29. The molecule has 1 aromatic heterocycles. The van der Waals surface area contributed by atoms with Gasteiger partial charge in [-0.1, -0.05) is 24.6 Å². The number of nitrogens with one attached hydrogen (secondary N) is 1. The lowest BCUT2D eigenvalue weighted by molar-refractivity contribution is -0.118. The number of piperidine rings is 1. The fraction of sp³-hybridized carbons (Fsp3) is 0.444. The third kappa shape index (κ3) is 4.79. The van der Waals surface area contributed by atoms with Gasteiger partial charge in [-0.3, -0.25) is 15.0 Å². The first kappa shape index (κ1) is 16.9. The number of aryl methyl sites for hydroxylation is 1. The van der Waals surface area contributed by atoms with E-state index in [1.165, 1.54) is 30.6 Å². The highest BCUT2D eigenvalue weighted by Gasteiger charge is 2.13. The van der Waals surface area contributed by atoms with Gasteiger partial charge in [0, 0.05) is 11.9 Å². The van der Waals surface area contributed by atoms with Crippen LogP contribution in [-0.2, 0) is 11.3 Å². The van der Waals surface area contributed by atoms with Crippen molar-refractivity contribution in [2.24, 2.45) is 0 Å². The van der Waals surface area contributed by atoms with Crippen LogP contribution >= 0.6 is 11.3 Å². The number of carbonyl (C=O) groups excluding carboxylic acids is 1. The lowest BCUT2D eigenvalue weighted by atomic mass is 10.1. The molecular weight excluding hydrogens is 322 g/mol. The molecule has 0 aliphatic carbocycles. The van der Waals surface area contributed by atoms with Crippen LogP contribution in [0.15, 0.2) is 29.6 Å². The van der Waals surface area contributed by atoms with Gasteiger partial charge >= 0.3 is 0 Å². The van der Waals surface area contributed by atoms with Crippen molar-refractivity contribution in [3.8, 4) is 5.75 Å². The Morgan fingerprint density at radius 3 is 2.88 bits per heavy atom. The van der Waals surface area contributed by atoms with Crippen LogP contribution in [0.3, 0.4) is 0 Å².